The van der Waals surface area contributed by atoms with E-state index in [9.17, 15) is 14.4 Å². The molecule has 2 amide bonds. The number of carbonyl (C=O) groups excluding carboxylic acids is 3. The summed E-state index contributed by atoms with van der Waals surface area (Å²) in [6.45, 7) is 1.28. The van der Waals surface area contributed by atoms with Crippen molar-refractivity contribution in [2.24, 2.45) is 0 Å². The molecule has 26 heavy (non-hydrogen) atoms. The van der Waals surface area contributed by atoms with Crippen molar-refractivity contribution in [3.63, 3.8) is 0 Å². The number of nitrogens with zero attached hydrogens (tertiary/aromatic N) is 1. The number of ether oxygens (including phenoxy) is 2. The van der Waals surface area contributed by atoms with E-state index < -0.39 is 18.5 Å². The molecule has 0 radical (unpaired) electrons. The lowest BCUT2D eigenvalue weighted by Gasteiger charge is -2.28. The van der Waals surface area contributed by atoms with Gasteiger partial charge in [-0.15, -0.1) is 0 Å². The summed E-state index contributed by atoms with van der Waals surface area (Å²) in [6, 6.07) is 11.9. The molecule has 2 aromatic carbocycles. The first kappa shape index (κ1) is 17.5. The van der Waals surface area contributed by atoms with Gasteiger partial charge in [-0.1, -0.05) is 18.2 Å². The molecule has 2 aromatic rings. The normalized spacial score (nSPS) is 12.8. The number of methoxy groups -OCH3 is 1. The Morgan fingerprint density at radius 1 is 1.19 bits per heavy atom. The number of hydrogen-bond donors (Lipinski definition) is 1. The van der Waals surface area contributed by atoms with Crippen LogP contribution in [-0.2, 0) is 14.3 Å². The van der Waals surface area contributed by atoms with Gasteiger partial charge in [-0.05, 0) is 36.8 Å². The maximum Gasteiger partial charge on any atom is 0.338 e. The third-order valence-corrected chi connectivity index (χ3v) is 4.04. The lowest BCUT2D eigenvalue weighted by Crippen LogP contribution is -2.44. The summed E-state index contributed by atoms with van der Waals surface area (Å²) in [4.78, 5) is 37.7. The Morgan fingerprint density at radius 3 is 2.73 bits per heavy atom. The van der Waals surface area contributed by atoms with E-state index >= 15 is 0 Å². The van der Waals surface area contributed by atoms with Gasteiger partial charge in [0.15, 0.2) is 6.61 Å². The lowest BCUT2D eigenvalue weighted by atomic mass is 10.1. The average molecular weight is 354 g/mol. The molecule has 3 rings (SSSR count). The van der Waals surface area contributed by atoms with E-state index in [1.807, 2.05) is 6.92 Å². The molecule has 1 heterocycles. The number of para-hydroxylation sites is 2. The molecule has 0 saturated carbocycles. The van der Waals surface area contributed by atoms with Crippen LogP contribution in [0, 0.1) is 6.92 Å². The Bertz CT molecular complexity index is 878. The largest absolute Gasteiger partial charge is 0.496 e. The van der Waals surface area contributed by atoms with Crippen LogP contribution >= 0.6 is 0 Å². The van der Waals surface area contributed by atoms with E-state index in [0.29, 0.717) is 17.1 Å². The molecule has 1 N–H and O–H groups in total. The summed E-state index contributed by atoms with van der Waals surface area (Å²) in [7, 11) is 1.51. The molecule has 0 aromatic heterocycles. The third kappa shape index (κ3) is 3.51. The summed E-state index contributed by atoms with van der Waals surface area (Å²) >= 11 is 0. The van der Waals surface area contributed by atoms with Crippen LogP contribution < -0.4 is 15.0 Å². The minimum Gasteiger partial charge on any atom is -0.496 e. The number of carbonyl (C=O) groups is 3. The van der Waals surface area contributed by atoms with Crippen LogP contribution in [0.25, 0.3) is 0 Å². The minimum atomic E-state index is -0.633. The number of fused-ring (bicyclic) bond motifs is 1. The Labute approximate surface area is 150 Å². The summed E-state index contributed by atoms with van der Waals surface area (Å²) in [5.41, 5.74) is 2.30. The number of esters is 1. The van der Waals surface area contributed by atoms with Crippen LogP contribution in [0.1, 0.15) is 15.9 Å². The number of aryl methyl sites for hydroxylation is 1. The van der Waals surface area contributed by atoms with Crippen molar-refractivity contribution in [2.75, 3.05) is 30.5 Å². The molecular weight excluding hydrogens is 336 g/mol. The van der Waals surface area contributed by atoms with Crippen LogP contribution in [0.5, 0.6) is 5.75 Å². The summed E-state index contributed by atoms with van der Waals surface area (Å²) < 4.78 is 10.3. The van der Waals surface area contributed by atoms with Crippen molar-refractivity contribution in [3.05, 3.63) is 53.6 Å². The molecule has 0 aliphatic carbocycles. The van der Waals surface area contributed by atoms with Crippen molar-refractivity contribution < 1.29 is 23.9 Å². The second kappa shape index (κ2) is 7.26. The van der Waals surface area contributed by atoms with Gasteiger partial charge in [-0.3, -0.25) is 14.5 Å². The van der Waals surface area contributed by atoms with Gasteiger partial charge in [-0.2, -0.15) is 0 Å². The number of benzene rings is 2. The maximum absolute atomic E-state index is 12.5. The number of amides is 2. The number of anilines is 2. The van der Waals surface area contributed by atoms with Gasteiger partial charge in [0.25, 0.3) is 5.91 Å². The van der Waals surface area contributed by atoms with Crippen LogP contribution in [0.15, 0.2) is 42.5 Å². The molecule has 0 spiro atoms. The monoisotopic (exact) mass is 354 g/mol. The topological polar surface area (TPSA) is 84.9 Å². The van der Waals surface area contributed by atoms with Crippen molar-refractivity contribution in [3.8, 4) is 5.75 Å². The van der Waals surface area contributed by atoms with Crippen molar-refractivity contribution in [1.82, 2.24) is 0 Å². The van der Waals surface area contributed by atoms with Gasteiger partial charge >= 0.3 is 5.97 Å². The molecule has 7 nitrogen and oxygen atoms in total. The van der Waals surface area contributed by atoms with E-state index in [-0.39, 0.29) is 18.0 Å². The Morgan fingerprint density at radius 2 is 1.96 bits per heavy atom. The van der Waals surface area contributed by atoms with Gasteiger partial charge < -0.3 is 14.8 Å². The molecule has 1 aliphatic rings. The fraction of sp³-hybridized carbons (Fsp3) is 0.211. The van der Waals surface area contributed by atoms with Gasteiger partial charge in [-0.25, -0.2) is 4.79 Å². The lowest BCUT2D eigenvalue weighted by molar-refractivity contribution is -0.124. The van der Waals surface area contributed by atoms with E-state index in [2.05, 4.69) is 5.32 Å². The Kier molecular flexibility index (Phi) is 4.88. The SMILES string of the molecule is COc1cc(C(=O)OCC(=O)N2CC(=O)Nc3ccccc32)ccc1C. The zero-order valence-corrected chi connectivity index (χ0v) is 14.4. The fourth-order valence-electron chi connectivity index (χ4n) is 2.69. The van der Waals surface area contributed by atoms with Crippen LogP contribution in [0.4, 0.5) is 11.4 Å². The van der Waals surface area contributed by atoms with Gasteiger partial charge in [0.2, 0.25) is 5.91 Å². The number of hydrogen-bond acceptors (Lipinski definition) is 5. The van der Waals surface area contributed by atoms with E-state index in [0.717, 1.165) is 5.56 Å². The highest BCUT2D eigenvalue weighted by Crippen LogP contribution is 2.29. The summed E-state index contributed by atoms with van der Waals surface area (Å²) in [5, 5.41) is 2.70. The molecule has 0 fully saturated rings. The molecule has 134 valence electrons. The molecule has 0 unspecified atom stereocenters. The zero-order chi connectivity index (χ0) is 18.7. The van der Waals surface area contributed by atoms with E-state index in [1.165, 1.54) is 12.0 Å². The highest BCUT2D eigenvalue weighted by Gasteiger charge is 2.27. The molecule has 1 aliphatic heterocycles. The predicted octanol–water partition coefficient (Wildman–Crippen LogP) is 2.15. The highest BCUT2D eigenvalue weighted by molar-refractivity contribution is 6.10. The quantitative estimate of drug-likeness (QED) is 0.851. The third-order valence-electron chi connectivity index (χ3n) is 4.04. The number of rotatable bonds is 4. The van der Waals surface area contributed by atoms with E-state index in [4.69, 9.17) is 9.47 Å². The van der Waals surface area contributed by atoms with Crippen molar-refractivity contribution >= 4 is 29.2 Å². The highest BCUT2D eigenvalue weighted by atomic mass is 16.5. The van der Waals surface area contributed by atoms with Crippen molar-refractivity contribution in [2.45, 2.75) is 6.92 Å². The predicted molar refractivity (Wildman–Crippen MR) is 95.4 cm³/mol. The molecule has 7 heteroatoms. The van der Waals surface area contributed by atoms with E-state index in [1.54, 1.807) is 42.5 Å². The standard InChI is InChI=1S/C19H18N2O5/c1-12-7-8-13(9-16(12)25-2)19(24)26-11-18(23)21-10-17(22)20-14-5-3-4-6-15(14)21/h3-9H,10-11H2,1-2H3,(H,20,22). The summed E-state index contributed by atoms with van der Waals surface area (Å²) in [6.07, 6.45) is 0. The first-order valence-electron chi connectivity index (χ1n) is 8.00. The maximum atomic E-state index is 12.5. The smallest absolute Gasteiger partial charge is 0.338 e. The fourth-order valence-corrected chi connectivity index (χ4v) is 2.69. The van der Waals surface area contributed by atoms with Gasteiger partial charge in [0.05, 0.1) is 24.0 Å². The molecule has 0 atom stereocenters. The summed E-state index contributed by atoms with van der Waals surface area (Å²) in [5.74, 6) is -0.842. The van der Waals surface area contributed by atoms with Crippen LogP contribution in [-0.4, -0.2) is 38.0 Å². The molecular formula is C19H18N2O5. The first-order valence-corrected chi connectivity index (χ1v) is 8.00. The van der Waals surface area contributed by atoms with Crippen LogP contribution in [0.2, 0.25) is 0 Å². The average Bonchev–Trinajstić information content (AvgIpc) is 2.65. The van der Waals surface area contributed by atoms with Crippen molar-refractivity contribution in [1.29, 1.82) is 0 Å². The van der Waals surface area contributed by atoms with Gasteiger partial charge in [0, 0.05) is 0 Å². The zero-order valence-electron chi connectivity index (χ0n) is 14.4. The Balaban J connectivity index is 1.69. The molecule has 0 bridgehead atoms. The second-order valence-electron chi connectivity index (χ2n) is 5.81. The van der Waals surface area contributed by atoms with Gasteiger partial charge in [0.1, 0.15) is 12.3 Å². The molecule has 0 saturated heterocycles. The Hall–Kier alpha value is -3.35. The van der Waals surface area contributed by atoms with Crippen LogP contribution in [0.3, 0.4) is 0 Å². The minimum absolute atomic E-state index is 0.119. The first-order chi connectivity index (χ1) is 12.5. The number of nitrogens with one attached hydrogen (secondary N) is 1. The second-order valence-corrected chi connectivity index (χ2v) is 5.81.